The summed E-state index contributed by atoms with van der Waals surface area (Å²) >= 11 is 6.20. The quantitative estimate of drug-likeness (QED) is 0.176. The molecule has 8 rings (SSSR count). The topological polar surface area (TPSA) is 171 Å². The van der Waals surface area contributed by atoms with E-state index >= 15 is 0 Å². The van der Waals surface area contributed by atoms with Crippen molar-refractivity contribution in [2.24, 2.45) is 24.6 Å². The fraction of sp³-hybridized carbons (Fsp3) is 0.450. The van der Waals surface area contributed by atoms with E-state index in [4.69, 9.17) is 27.2 Å². The first-order valence-electron chi connectivity index (χ1n) is 19.0. The third-order valence-electron chi connectivity index (χ3n) is 12.3. The second-order valence-corrected chi connectivity index (χ2v) is 15.9. The Balaban J connectivity index is 0.919. The van der Waals surface area contributed by atoms with Crippen LogP contribution in [0.15, 0.2) is 59.7 Å². The molecule has 5 heterocycles. The van der Waals surface area contributed by atoms with E-state index in [1.54, 1.807) is 35.4 Å². The molecule has 1 aliphatic carbocycles. The van der Waals surface area contributed by atoms with Gasteiger partial charge in [0.2, 0.25) is 11.8 Å². The first kappa shape index (κ1) is 36.8. The maximum Gasteiger partial charge on any atom is 0.329 e. The number of rotatable bonds is 8. The van der Waals surface area contributed by atoms with Crippen LogP contribution in [0.2, 0.25) is 5.02 Å². The van der Waals surface area contributed by atoms with E-state index in [9.17, 15) is 19.2 Å². The number of nitrogens with zero attached hydrogens (tertiary/aromatic N) is 6. The summed E-state index contributed by atoms with van der Waals surface area (Å²) in [6.07, 6.45) is 9.86. The van der Waals surface area contributed by atoms with Gasteiger partial charge in [-0.2, -0.15) is 5.10 Å². The molecule has 0 radical (unpaired) electrons. The SMILES string of the molecule is COc1cc2nn(C3CCC(C(C)(N)C4CCN(c5cccc6c5n(C)c(=O)n6C5CCC(=O)NC5=O)CC4)CC3)cc2cc1NC(=O)c1ncccc1Cl. The van der Waals surface area contributed by atoms with Gasteiger partial charge in [-0.3, -0.25) is 33.5 Å². The van der Waals surface area contributed by atoms with Crippen molar-refractivity contribution >= 4 is 62.6 Å². The Hall–Kier alpha value is -5.21. The van der Waals surface area contributed by atoms with Crippen LogP contribution in [0.1, 0.15) is 80.9 Å². The first-order chi connectivity index (χ1) is 26.4. The van der Waals surface area contributed by atoms with Crippen molar-refractivity contribution in [1.29, 1.82) is 0 Å². The summed E-state index contributed by atoms with van der Waals surface area (Å²) in [6.45, 7) is 3.85. The summed E-state index contributed by atoms with van der Waals surface area (Å²) in [6, 6.07) is 12.4. The molecule has 3 amide bonds. The number of piperidine rings is 2. The number of hydrogen-bond donors (Lipinski definition) is 3. The highest BCUT2D eigenvalue weighted by Gasteiger charge is 2.42. The molecule has 3 aromatic heterocycles. The number of nitrogens with two attached hydrogens (primary N) is 1. The minimum Gasteiger partial charge on any atom is -0.494 e. The highest BCUT2D eigenvalue weighted by Crippen LogP contribution is 2.43. The number of fused-ring (bicyclic) bond motifs is 2. The number of halogens is 1. The monoisotopic (exact) mass is 767 g/mol. The van der Waals surface area contributed by atoms with Crippen molar-refractivity contribution in [2.45, 2.75) is 75.9 Å². The van der Waals surface area contributed by atoms with Crippen LogP contribution in [-0.2, 0) is 16.6 Å². The molecule has 2 aliphatic heterocycles. The largest absolute Gasteiger partial charge is 0.494 e. The van der Waals surface area contributed by atoms with Gasteiger partial charge in [0.15, 0.2) is 0 Å². The molecule has 0 bridgehead atoms. The molecular weight excluding hydrogens is 722 g/mol. The Kier molecular flexibility index (Phi) is 9.66. The molecule has 2 unspecified atom stereocenters. The number of pyridine rings is 1. The van der Waals surface area contributed by atoms with Gasteiger partial charge in [-0.1, -0.05) is 17.7 Å². The molecule has 3 fully saturated rings. The molecule has 4 N–H and O–H groups in total. The number of aromatic nitrogens is 5. The predicted molar refractivity (Wildman–Crippen MR) is 211 cm³/mol. The van der Waals surface area contributed by atoms with Crippen LogP contribution in [0.4, 0.5) is 11.4 Å². The molecule has 288 valence electrons. The van der Waals surface area contributed by atoms with E-state index in [2.05, 4.69) is 32.1 Å². The normalized spacial score (nSPS) is 22.1. The fourth-order valence-electron chi connectivity index (χ4n) is 9.20. The van der Waals surface area contributed by atoms with Crippen LogP contribution >= 0.6 is 11.6 Å². The molecule has 5 aromatic rings. The Morgan fingerprint density at radius 3 is 2.47 bits per heavy atom. The Bertz CT molecular complexity index is 2370. The lowest BCUT2D eigenvalue weighted by Gasteiger charge is -2.47. The maximum atomic E-state index is 13.5. The number of hydrogen-bond acceptors (Lipinski definition) is 9. The maximum absolute atomic E-state index is 13.5. The third kappa shape index (κ3) is 6.64. The van der Waals surface area contributed by atoms with E-state index in [1.165, 1.54) is 6.20 Å². The van der Waals surface area contributed by atoms with Crippen LogP contribution in [-0.4, -0.2) is 67.4 Å². The number of benzene rings is 2. The van der Waals surface area contributed by atoms with Gasteiger partial charge in [-0.25, -0.2) is 9.78 Å². The summed E-state index contributed by atoms with van der Waals surface area (Å²) in [5.41, 5.74) is 10.6. The zero-order chi connectivity index (χ0) is 38.6. The fourth-order valence-corrected chi connectivity index (χ4v) is 9.41. The third-order valence-corrected chi connectivity index (χ3v) is 12.6. The van der Waals surface area contributed by atoms with Crippen molar-refractivity contribution in [2.75, 3.05) is 30.4 Å². The standard InChI is InChI=1S/C40H46ClN9O5/c1-40(42,25-15-18-48(19-16-25)30-7-4-8-31-36(30)47(2)39(54)50(31)32-13-14-34(51)45-37(32)52)24-9-11-26(12-10-24)49-22-23-20-29(33(55-3)21-28(23)46-49)44-38(53)35-27(41)6-5-17-43-35/h4-8,17,20-22,24-26,32H,9-16,18-19,42H2,1-3H3,(H,44,53)(H,45,51,52). The number of carbonyl (C=O) groups excluding carboxylic acids is 3. The van der Waals surface area contributed by atoms with Crippen LogP contribution in [0.5, 0.6) is 5.75 Å². The van der Waals surface area contributed by atoms with E-state index in [0.29, 0.717) is 35.2 Å². The smallest absolute Gasteiger partial charge is 0.329 e. The summed E-state index contributed by atoms with van der Waals surface area (Å²) in [7, 11) is 3.31. The van der Waals surface area contributed by atoms with Crippen molar-refractivity contribution < 1.29 is 19.1 Å². The van der Waals surface area contributed by atoms with Crippen LogP contribution < -0.4 is 31.7 Å². The van der Waals surface area contributed by atoms with Gasteiger partial charge < -0.3 is 20.7 Å². The number of nitrogens with one attached hydrogen (secondary N) is 2. The van der Waals surface area contributed by atoms with Crippen LogP contribution in [0.25, 0.3) is 21.9 Å². The molecule has 2 saturated heterocycles. The van der Waals surface area contributed by atoms with Crippen molar-refractivity contribution in [3.63, 3.8) is 0 Å². The molecule has 14 nitrogen and oxygen atoms in total. The molecule has 3 aliphatic rings. The first-order valence-corrected chi connectivity index (χ1v) is 19.4. The molecule has 2 aromatic carbocycles. The van der Waals surface area contributed by atoms with Crippen molar-refractivity contribution in [3.8, 4) is 5.75 Å². The average molecular weight is 768 g/mol. The van der Waals surface area contributed by atoms with Crippen LogP contribution in [0, 0.1) is 11.8 Å². The number of aryl methyl sites for hydroxylation is 1. The van der Waals surface area contributed by atoms with E-state index in [-0.39, 0.29) is 40.3 Å². The number of para-hydroxylation sites is 1. The van der Waals surface area contributed by atoms with Gasteiger partial charge in [0.1, 0.15) is 17.5 Å². The molecule has 2 atom stereocenters. The zero-order valence-corrected chi connectivity index (χ0v) is 32.0. The second kappa shape index (κ2) is 14.5. The lowest BCUT2D eigenvalue weighted by atomic mass is 9.66. The number of imide groups is 1. The lowest BCUT2D eigenvalue weighted by Crippen LogP contribution is -2.55. The Morgan fingerprint density at radius 2 is 1.76 bits per heavy atom. The molecule has 15 heteroatoms. The highest BCUT2D eigenvalue weighted by atomic mass is 35.5. The second-order valence-electron chi connectivity index (χ2n) is 15.5. The number of amides is 3. The van der Waals surface area contributed by atoms with Gasteiger partial charge in [0.25, 0.3) is 5.91 Å². The van der Waals surface area contributed by atoms with Crippen molar-refractivity contribution in [1.82, 2.24) is 29.2 Å². The van der Waals surface area contributed by atoms with E-state index in [1.807, 2.05) is 36.5 Å². The minimum absolute atomic E-state index is 0.140. The summed E-state index contributed by atoms with van der Waals surface area (Å²) in [5, 5.41) is 11.4. The number of carbonyl (C=O) groups is 3. The van der Waals surface area contributed by atoms with Gasteiger partial charge in [0.05, 0.1) is 46.1 Å². The Labute approximate surface area is 322 Å². The zero-order valence-electron chi connectivity index (χ0n) is 31.3. The number of anilines is 2. The van der Waals surface area contributed by atoms with Gasteiger partial charge >= 0.3 is 5.69 Å². The highest BCUT2D eigenvalue weighted by molar-refractivity contribution is 6.34. The van der Waals surface area contributed by atoms with Crippen LogP contribution in [0.3, 0.4) is 0 Å². The van der Waals surface area contributed by atoms with Crippen molar-refractivity contribution in [3.05, 3.63) is 76.1 Å². The predicted octanol–water partition coefficient (Wildman–Crippen LogP) is 5.34. The number of ether oxygens (including phenoxy) is 1. The van der Waals surface area contributed by atoms with Gasteiger partial charge in [0, 0.05) is 55.9 Å². The molecule has 55 heavy (non-hydrogen) atoms. The number of imidazole rings is 1. The van der Waals surface area contributed by atoms with E-state index in [0.717, 1.165) is 73.7 Å². The summed E-state index contributed by atoms with van der Waals surface area (Å²) < 4.78 is 10.8. The van der Waals surface area contributed by atoms with E-state index < -0.39 is 17.9 Å². The molecular formula is C40H46ClN9O5. The molecule has 1 saturated carbocycles. The summed E-state index contributed by atoms with van der Waals surface area (Å²) in [4.78, 5) is 57.4. The molecule has 0 spiro atoms. The lowest BCUT2D eigenvalue weighted by molar-refractivity contribution is -0.135. The Morgan fingerprint density at radius 1 is 1.02 bits per heavy atom. The number of methoxy groups -OCH3 is 1. The van der Waals surface area contributed by atoms with Gasteiger partial charge in [-0.15, -0.1) is 0 Å². The van der Waals surface area contributed by atoms with Gasteiger partial charge in [-0.05, 0) is 94.0 Å². The minimum atomic E-state index is -0.718. The average Bonchev–Trinajstić information content (AvgIpc) is 3.72. The summed E-state index contributed by atoms with van der Waals surface area (Å²) in [5.74, 6) is 0.0529.